The number of pyridine rings is 1. The molecule has 4 rings (SSSR count). The zero-order valence-electron chi connectivity index (χ0n) is 17.5. The molecule has 1 unspecified atom stereocenters. The van der Waals surface area contributed by atoms with Gasteiger partial charge in [-0.05, 0) is 49.0 Å². The lowest BCUT2D eigenvalue weighted by Gasteiger charge is -2.22. The molecular weight excluding hydrogens is 324 g/mol. The summed E-state index contributed by atoms with van der Waals surface area (Å²) in [6.07, 6.45) is 5.14. The van der Waals surface area contributed by atoms with Gasteiger partial charge in [-0.2, -0.15) is 0 Å². The maximum atomic E-state index is 9.82. The molecule has 5 heteroatoms. The van der Waals surface area contributed by atoms with Crippen LogP contribution in [0.3, 0.4) is 0 Å². The maximum absolute atomic E-state index is 9.82. The van der Waals surface area contributed by atoms with Crippen molar-refractivity contribution >= 4 is 11.6 Å². The zero-order chi connectivity index (χ0) is 20.6. The van der Waals surface area contributed by atoms with Crippen LogP contribution in [0.15, 0.2) is 48.8 Å². The molecule has 2 aromatic heterocycles. The Morgan fingerprint density at radius 3 is 3.00 bits per heavy atom. The number of nitrogens with one attached hydrogen (secondary N) is 1. The molecule has 0 amide bonds. The smallest absolute Gasteiger partial charge is 0.227 e. The van der Waals surface area contributed by atoms with E-state index in [-0.39, 0.29) is 17.6 Å². The molecule has 5 nitrogen and oxygen atoms in total. The third kappa shape index (κ3) is 2.95. The predicted octanol–water partition coefficient (Wildman–Crippen LogP) is 3.79. The van der Waals surface area contributed by atoms with E-state index in [1.54, 1.807) is 42.7 Å². The molecule has 0 saturated carbocycles. The fourth-order valence-electron chi connectivity index (χ4n) is 3.34. The first-order chi connectivity index (χ1) is 13.8. The van der Waals surface area contributed by atoms with Crippen molar-refractivity contribution in [3.05, 3.63) is 65.6 Å². The highest BCUT2D eigenvalue weighted by atomic mass is 16.3. The van der Waals surface area contributed by atoms with Crippen molar-refractivity contribution in [1.82, 2.24) is 15.0 Å². The number of aliphatic hydroxyl groups excluding tert-OH is 1. The SMILES string of the molecule is [2H]C([2H])([2H])c1ccccc1Nc1nccc(-c2cnc3c(c2)C(C)(CO)CC3)n1. The summed E-state index contributed by atoms with van der Waals surface area (Å²) < 4.78 is 23.1. The summed E-state index contributed by atoms with van der Waals surface area (Å²) >= 11 is 0. The van der Waals surface area contributed by atoms with Crippen LogP contribution in [0.5, 0.6) is 0 Å². The second-order valence-electron chi connectivity index (χ2n) is 6.87. The Bertz CT molecular complexity index is 1050. The largest absolute Gasteiger partial charge is 0.395 e. The van der Waals surface area contributed by atoms with E-state index in [4.69, 9.17) is 4.11 Å². The third-order valence-electron chi connectivity index (χ3n) is 5.01. The number of benzene rings is 1. The van der Waals surface area contributed by atoms with Gasteiger partial charge >= 0.3 is 0 Å². The number of anilines is 2. The minimum absolute atomic E-state index is 0.0770. The molecule has 3 aromatic rings. The molecule has 0 aliphatic heterocycles. The number of hydrogen-bond acceptors (Lipinski definition) is 5. The Morgan fingerprint density at radius 2 is 2.15 bits per heavy atom. The van der Waals surface area contributed by atoms with Crippen molar-refractivity contribution in [1.29, 1.82) is 0 Å². The lowest BCUT2D eigenvalue weighted by Crippen LogP contribution is -2.23. The van der Waals surface area contributed by atoms with Gasteiger partial charge in [-0.15, -0.1) is 0 Å². The van der Waals surface area contributed by atoms with Crippen molar-refractivity contribution in [3.63, 3.8) is 0 Å². The van der Waals surface area contributed by atoms with E-state index < -0.39 is 6.85 Å². The van der Waals surface area contributed by atoms with Gasteiger partial charge in [-0.3, -0.25) is 4.98 Å². The number of aryl methyl sites for hydroxylation is 2. The fraction of sp³-hybridized carbons (Fsp3) is 0.286. The summed E-state index contributed by atoms with van der Waals surface area (Å²) in [6.45, 7) is -0.115. The van der Waals surface area contributed by atoms with Gasteiger partial charge in [-0.25, -0.2) is 9.97 Å². The summed E-state index contributed by atoms with van der Waals surface area (Å²) in [4.78, 5) is 13.4. The molecule has 0 bridgehead atoms. The molecular formula is C21H22N4O. The molecule has 1 atom stereocenters. The van der Waals surface area contributed by atoms with E-state index in [0.29, 0.717) is 17.3 Å². The number of nitrogens with zero attached hydrogens (tertiary/aromatic N) is 3. The molecule has 0 saturated heterocycles. The number of fused-ring (bicyclic) bond motifs is 1. The molecule has 2 heterocycles. The summed E-state index contributed by atoms with van der Waals surface area (Å²) in [7, 11) is 0. The lowest BCUT2D eigenvalue weighted by molar-refractivity contribution is 0.206. The van der Waals surface area contributed by atoms with Crippen LogP contribution in [0.1, 0.15) is 34.3 Å². The van der Waals surface area contributed by atoms with Crippen molar-refractivity contribution < 1.29 is 9.22 Å². The molecule has 1 aliphatic rings. The van der Waals surface area contributed by atoms with Gasteiger partial charge in [-0.1, -0.05) is 25.1 Å². The number of hydrogen-bond donors (Lipinski definition) is 2. The number of aliphatic hydroxyl groups is 1. The molecule has 132 valence electrons. The van der Waals surface area contributed by atoms with Crippen LogP contribution in [0.25, 0.3) is 11.3 Å². The first-order valence-corrected chi connectivity index (χ1v) is 8.60. The third-order valence-corrected chi connectivity index (χ3v) is 5.01. The van der Waals surface area contributed by atoms with Gasteiger partial charge in [0.1, 0.15) is 0 Å². The van der Waals surface area contributed by atoms with E-state index in [0.717, 1.165) is 29.7 Å². The fourth-order valence-corrected chi connectivity index (χ4v) is 3.34. The van der Waals surface area contributed by atoms with E-state index in [1.807, 2.05) is 13.0 Å². The highest BCUT2D eigenvalue weighted by Gasteiger charge is 2.34. The van der Waals surface area contributed by atoms with Crippen molar-refractivity contribution in [2.45, 2.75) is 32.0 Å². The Kier molecular flexibility index (Phi) is 3.35. The van der Waals surface area contributed by atoms with Crippen LogP contribution >= 0.6 is 0 Å². The van der Waals surface area contributed by atoms with Crippen LogP contribution in [0, 0.1) is 6.85 Å². The summed E-state index contributed by atoms with van der Waals surface area (Å²) in [5.41, 5.74) is 3.96. The van der Waals surface area contributed by atoms with E-state index in [1.165, 1.54) is 0 Å². The van der Waals surface area contributed by atoms with Gasteiger partial charge < -0.3 is 10.4 Å². The Hall–Kier alpha value is -2.79. The summed E-state index contributed by atoms with van der Waals surface area (Å²) in [5.74, 6) is 0.310. The number of para-hydroxylation sites is 1. The van der Waals surface area contributed by atoms with Gasteiger partial charge in [0.2, 0.25) is 5.95 Å². The normalized spacial score (nSPS) is 20.8. The molecule has 0 spiro atoms. The van der Waals surface area contributed by atoms with Crippen LogP contribution in [0.4, 0.5) is 11.6 Å². The maximum Gasteiger partial charge on any atom is 0.227 e. The molecule has 1 aromatic carbocycles. The standard InChI is InChI=1S/C21H22N4O/c1-14-5-3-4-6-17(14)24-20-22-10-8-18(25-20)15-11-16-19(23-12-15)7-9-21(16,2)13-26/h3-6,8,10-12,26H,7,9,13H2,1-2H3,(H,22,24,25)/i1D3. The molecule has 2 N–H and O–H groups in total. The zero-order valence-corrected chi connectivity index (χ0v) is 14.5. The molecule has 26 heavy (non-hydrogen) atoms. The lowest BCUT2D eigenvalue weighted by atomic mass is 9.85. The van der Waals surface area contributed by atoms with E-state index >= 15 is 0 Å². The van der Waals surface area contributed by atoms with Gasteiger partial charge in [0.05, 0.1) is 12.3 Å². The quantitative estimate of drug-likeness (QED) is 0.750. The monoisotopic (exact) mass is 349 g/mol. The van der Waals surface area contributed by atoms with Crippen LogP contribution < -0.4 is 5.32 Å². The van der Waals surface area contributed by atoms with Crippen LogP contribution in [0.2, 0.25) is 0 Å². The van der Waals surface area contributed by atoms with E-state index in [9.17, 15) is 5.11 Å². The van der Waals surface area contributed by atoms with Crippen LogP contribution in [-0.2, 0) is 11.8 Å². The average molecular weight is 349 g/mol. The Balaban J connectivity index is 1.67. The Labute approximate surface area is 157 Å². The second kappa shape index (κ2) is 6.50. The van der Waals surface area contributed by atoms with E-state index in [2.05, 4.69) is 20.3 Å². The average Bonchev–Trinajstić information content (AvgIpc) is 3.05. The van der Waals surface area contributed by atoms with Crippen molar-refractivity contribution in [2.24, 2.45) is 0 Å². The summed E-state index contributed by atoms with van der Waals surface area (Å²) in [6, 6.07) is 10.5. The molecule has 0 fully saturated rings. The first-order valence-electron chi connectivity index (χ1n) is 10.1. The highest BCUT2D eigenvalue weighted by Crippen LogP contribution is 2.39. The Morgan fingerprint density at radius 1 is 1.27 bits per heavy atom. The number of aromatic nitrogens is 3. The first kappa shape index (κ1) is 13.4. The molecule has 1 aliphatic carbocycles. The minimum Gasteiger partial charge on any atom is -0.395 e. The van der Waals surface area contributed by atoms with Crippen LogP contribution in [-0.4, -0.2) is 26.7 Å². The van der Waals surface area contributed by atoms with Gasteiger partial charge in [0.25, 0.3) is 0 Å². The minimum atomic E-state index is -2.24. The highest BCUT2D eigenvalue weighted by molar-refractivity contribution is 5.64. The summed E-state index contributed by atoms with van der Waals surface area (Å²) in [5, 5.41) is 12.9. The topological polar surface area (TPSA) is 70.9 Å². The van der Waals surface area contributed by atoms with Crippen molar-refractivity contribution in [2.75, 3.05) is 11.9 Å². The molecule has 0 radical (unpaired) electrons. The van der Waals surface area contributed by atoms with Gasteiger partial charge in [0.15, 0.2) is 0 Å². The van der Waals surface area contributed by atoms with Gasteiger partial charge in [0, 0.05) is 38.9 Å². The number of rotatable bonds is 4. The predicted molar refractivity (Wildman–Crippen MR) is 102 cm³/mol. The van der Waals surface area contributed by atoms with Crippen molar-refractivity contribution in [3.8, 4) is 11.3 Å². The second-order valence-corrected chi connectivity index (χ2v) is 6.87.